The first-order chi connectivity index (χ1) is 18.5. The van der Waals surface area contributed by atoms with E-state index in [0.717, 1.165) is 37.0 Å². The van der Waals surface area contributed by atoms with Crippen molar-refractivity contribution in [1.29, 1.82) is 0 Å². The molecule has 0 spiro atoms. The average Bonchev–Trinajstić information content (AvgIpc) is 3.54. The highest BCUT2D eigenvalue weighted by Gasteiger charge is 2.23. The van der Waals surface area contributed by atoms with E-state index in [0.29, 0.717) is 46.9 Å². The number of carbonyl (C=O) groups excluding carboxylic acids is 3. The third kappa shape index (κ3) is 7.50. The molecule has 3 amide bonds. The van der Waals surface area contributed by atoms with Crippen molar-refractivity contribution in [3.8, 4) is 0 Å². The van der Waals surface area contributed by atoms with Crippen molar-refractivity contribution in [1.82, 2.24) is 25.5 Å². The predicted octanol–water partition coefficient (Wildman–Crippen LogP) is 5.54. The molecule has 3 N–H and O–H groups in total. The van der Waals surface area contributed by atoms with Crippen LogP contribution >= 0.6 is 11.6 Å². The van der Waals surface area contributed by atoms with Crippen LogP contribution in [-0.2, 0) is 4.74 Å². The molecule has 0 aliphatic carbocycles. The molecule has 9 nitrogen and oxygen atoms in total. The molecule has 4 rings (SSSR count). The molecule has 2 aromatic carbocycles. The summed E-state index contributed by atoms with van der Waals surface area (Å²) in [5.41, 5.74) is 2.76. The standard InChI is InChI=1S/C29H36ClN5O4/c1-18-16-19(9-11-21(18)27(37)35-14-5-6-15-35)26(36)34-23(8-7-13-31-28(38)39-29(2,3)4)25-32-22-12-10-20(30)17-24(22)33-25/h9-12,16-17,23H,5-8,13-15H2,1-4H3,(H,31,38)(H,32,33)(H,34,36)/t23-/m0/s1. The molecule has 10 heteroatoms. The van der Waals surface area contributed by atoms with Crippen LogP contribution in [0, 0.1) is 6.92 Å². The zero-order valence-electron chi connectivity index (χ0n) is 22.9. The maximum absolute atomic E-state index is 13.3. The fourth-order valence-electron chi connectivity index (χ4n) is 4.63. The van der Waals surface area contributed by atoms with Crippen molar-refractivity contribution in [2.45, 2.75) is 65.0 Å². The molecule has 1 fully saturated rings. The molecule has 1 aliphatic heterocycles. The average molecular weight is 554 g/mol. The number of amides is 3. The minimum atomic E-state index is -0.580. The summed E-state index contributed by atoms with van der Waals surface area (Å²) in [6, 6.07) is 10.1. The van der Waals surface area contributed by atoms with Crippen LogP contribution in [0.5, 0.6) is 0 Å². The first-order valence-electron chi connectivity index (χ1n) is 13.3. The van der Waals surface area contributed by atoms with E-state index < -0.39 is 17.7 Å². The van der Waals surface area contributed by atoms with Gasteiger partial charge < -0.3 is 25.3 Å². The van der Waals surface area contributed by atoms with Crippen LogP contribution in [0.2, 0.25) is 5.02 Å². The lowest BCUT2D eigenvalue weighted by atomic mass is 10.0. The van der Waals surface area contributed by atoms with E-state index in [1.54, 1.807) is 30.3 Å². The number of imidazole rings is 1. The Balaban J connectivity index is 1.47. The number of ether oxygens (including phenoxy) is 1. The molecule has 208 valence electrons. The summed E-state index contributed by atoms with van der Waals surface area (Å²) >= 11 is 6.14. The SMILES string of the molecule is Cc1cc(C(=O)N[C@@H](CCCNC(=O)OC(C)(C)C)c2nc3cc(Cl)ccc3[nH]2)ccc1C(=O)N1CCCC1. The Kier molecular flexibility index (Phi) is 8.80. The lowest BCUT2D eigenvalue weighted by molar-refractivity contribution is 0.0525. The number of alkyl carbamates (subject to hydrolysis) is 1. The van der Waals surface area contributed by atoms with Gasteiger partial charge in [0.25, 0.3) is 11.8 Å². The number of likely N-dealkylation sites (tertiary alicyclic amines) is 1. The number of nitrogens with one attached hydrogen (secondary N) is 3. The van der Waals surface area contributed by atoms with Crippen molar-refractivity contribution >= 4 is 40.5 Å². The van der Waals surface area contributed by atoms with Crippen LogP contribution in [0.3, 0.4) is 0 Å². The maximum atomic E-state index is 13.3. The Morgan fingerprint density at radius 1 is 1.13 bits per heavy atom. The van der Waals surface area contributed by atoms with Gasteiger partial charge in [-0.1, -0.05) is 11.6 Å². The lowest BCUT2D eigenvalue weighted by Gasteiger charge is -2.20. The van der Waals surface area contributed by atoms with E-state index in [-0.39, 0.29) is 11.8 Å². The zero-order valence-corrected chi connectivity index (χ0v) is 23.7. The number of carbonyl (C=O) groups is 3. The minimum Gasteiger partial charge on any atom is -0.444 e. The van der Waals surface area contributed by atoms with Gasteiger partial charge in [0.15, 0.2) is 0 Å². The summed E-state index contributed by atoms with van der Waals surface area (Å²) in [6.07, 6.45) is 2.65. The first-order valence-corrected chi connectivity index (χ1v) is 13.7. The Morgan fingerprint density at radius 3 is 2.56 bits per heavy atom. The van der Waals surface area contributed by atoms with Crippen LogP contribution in [0.15, 0.2) is 36.4 Å². The van der Waals surface area contributed by atoms with E-state index in [9.17, 15) is 14.4 Å². The smallest absolute Gasteiger partial charge is 0.407 e. The van der Waals surface area contributed by atoms with E-state index in [2.05, 4.69) is 20.6 Å². The highest BCUT2D eigenvalue weighted by molar-refractivity contribution is 6.31. The molecule has 1 atom stereocenters. The number of nitrogens with zero attached hydrogens (tertiary/aromatic N) is 2. The molecule has 3 aromatic rings. The van der Waals surface area contributed by atoms with Crippen molar-refractivity contribution in [3.05, 3.63) is 63.9 Å². The van der Waals surface area contributed by atoms with Crippen LogP contribution < -0.4 is 10.6 Å². The molecule has 39 heavy (non-hydrogen) atoms. The third-order valence-corrected chi connectivity index (χ3v) is 6.78. The monoisotopic (exact) mass is 553 g/mol. The van der Waals surface area contributed by atoms with Gasteiger partial charge in [-0.05, 0) is 95.3 Å². The normalized spacial score (nSPS) is 14.3. The fourth-order valence-corrected chi connectivity index (χ4v) is 4.80. The van der Waals surface area contributed by atoms with Gasteiger partial charge in [0.2, 0.25) is 0 Å². The number of aromatic nitrogens is 2. The highest BCUT2D eigenvalue weighted by Crippen LogP contribution is 2.24. The topological polar surface area (TPSA) is 116 Å². The lowest BCUT2D eigenvalue weighted by Crippen LogP contribution is -2.34. The van der Waals surface area contributed by atoms with Gasteiger partial charge in [0.05, 0.1) is 17.1 Å². The largest absolute Gasteiger partial charge is 0.444 e. The molecular weight excluding hydrogens is 518 g/mol. The Hall–Kier alpha value is -3.59. The summed E-state index contributed by atoms with van der Waals surface area (Å²) in [7, 11) is 0. The second-order valence-electron chi connectivity index (χ2n) is 10.9. The molecule has 0 saturated carbocycles. The number of rotatable bonds is 8. The second kappa shape index (κ2) is 12.1. The minimum absolute atomic E-state index is 0.00765. The van der Waals surface area contributed by atoms with Crippen LogP contribution in [0.4, 0.5) is 4.79 Å². The van der Waals surface area contributed by atoms with Crippen molar-refractivity contribution in [2.75, 3.05) is 19.6 Å². The Labute approximate surface area is 233 Å². The molecule has 1 saturated heterocycles. The summed E-state index contributed by atoms with van der Waals surface area (Å²) in [6.45, 7) is 9.19. The van der Waals surface area contributed by atoms with Gasteiger partial charge in [0, 0.05) is 35.8 Å². The van der Waals surface area contributed by atoms with Gasteiger partial charge in [-0.25, -0.2) is 9.78 Å². The number of aromatic amines is 1. The van der Waals surface area contributed by atoms with Gasteiger partial charge in [-0.2, -0.15) is 0 Å². The van der Waals surface area contributed by atoms with Gasteiger partial charge >= 0.3 is 6.09 Å². The van der Waals surface area contributed by atoms with Gasteiger partial charge in [-0.15, -0.1) is 0 Å². The van der Waals surface area contributed by atoms with E-state index in [1.165, 1.54) is 0 Å². The number of halogens is 1. The quantitative estimate of drug-likeness (QED) is 0.317. The number of aryl methyl sites for hydroxylation is 1. The molecule has 2 heterocycles. The first kappa shape index (κ1) is 28.4. The molecular formula is C29H36ClN5O4. The van der Waals surface area contributed by atoms with Crippen molar-refractivity contribution in [3.63, 3.8) is 0 Å². The Bertz CT molecular complexity index is 1360. The summed E-state index contributed by atoms with van der Waals surface area (Å²) in [5, 5.41) is 6.40. The van der Waals surface area contributed by atoms with Crippen LogP contribution in [0.1, 0.15) is 84.6 Å². The van der Waals surface area contributed by atoms with Crippen LogP contribution in [0.25, 0.3) is 11.0 Å². The highest BCUT2D eigenvalue weighted by atomic mass is 35.5. The number of H-pyrrole nitrogens is 1. The van der Waals surface area contributed by atoms with E-state index >= 15 is 0 Å². The van der Waals surface area contributed by atoms with Crippen molar-refractivity contribution in [2.24, 2.45) is 0 Å². The Morgan fingerprint density at radius 2 is 1.87 bits per heavy atom. The van der Waals surface area contributed by atoms with E-state index in [4.69, 9.17) is 16.3 Å². The number of fused-ring (bicyclic) bond motifs is 1. The summed E-state index contributed by atoms with van der Waals surface area (Å²) < 4.78 is 5.30. The molecule has 0 bridgehead atoms. The summed E-state index contributed by atoms with van der Waals surface area (Å²) in [5.74, 6) is 0.325. The van der Waals surface area contributed by atoms with Crippen LogP contribution in [-0.4, -0.2) is 58.0 Å². The molecule has 1 aliphatic rings. The zero-order chi connectivity index (χ0) is 28.2. The van der Waals surface area contributed by atoms with E-state index in [1.807, 2.05) is 38.7 Å². The maximum Gasteiger partial charge on any atom is 0.407 e. The number of hydrogen-bond acceptors (Lipinski definition) is 5. The molecule has 0 radical (unpaired) electrons. The fraction of sp³-hybridized carbons (Fsp3) is 0.448. The summed E-state index contributed by atoms with van der Waals surface area (Å²) in [4.78, 5) is 48.0. The van der Waals surface area contributed by atoms with Gasteiger partial charge in [0.1, 0.15) is 11.4 Å². The molecule has 0 unspecified atom stereocenters. The second-order valence-corrected chi connectivity index (χ2v) is 11.3. The molecule has 1 aromatic heterocycles. The van der Waals surface area contributed by atoms with Gasteiger partial charge in [-0.3, -0.25) is 9.59 Å². The number of benzene rings is 2. The van der Waals surface area contributed by atoms with Crippen molar-refractivity contribution < 1.29 is 19.1 Å². The third-order valence-electron chi connectivity index (χ3n) is 6.55. The predicted molar refractivity (Wildman–Crippen MR) is 151 cm³/mol. The number of hydrogen-bond donors (Lipinski definition) is 3.